The summed E-state index contributed by atoms with van der Waals surface area (Å²) in [5.41, 5.74) is 2.95. The Balaban J connectivity index is 1.46. The van der Waals surface area contributed by atoms with Crippen molar-refractivity contribution in [3.05, 3.63) is 77.4 Å². The molecule has 0 bridgehead atoms. The van der Waals surface area contributed by atoms with Gasteiger partial charge in [0.1, 0.15) is 6.61 Å². The summed E-state index contributed by atoms with van der Waals surface area (Å²) in [6.45, 7) is 1.86. The van der Waals surface area contributed by atoms with Gasteiger partial charge in [0.15, 0.2) is 6.29 Å². The van der Waals surface area contributed by atoms with Crippen LogP contribution >= 0.6 is 0 Å². The van der Waals surface area contributed by atoms with E-state index in [2.05, 4.69) is 5.32 Å². The summed E-state index contributed by atoms with van der Waals surface area (Å²) in [4.78, 5) is 11.7. The van der Waals surface area contributed by atoms with E-state index in [4.69, 9.17) is 14.2 Å². The summed E-state index contributed by atoms with van der Waals surface area (Å²) in [6, 6.07) is 17.5. The summed E-state index contributed by atoms with van der Waals surface area (Å²) in [6.07, 6.45) is 3.06. The van der Waals surface area contributed by atoms with E-state index >= 15 is 0 Å². The monoisotopic (exact) mass is 339 g/mol. The largest absolute Gasteiger partial charge is 0.445 e. The maximum Gasteiger partial charge on any atom is 0.407 e. The molecule has 1 saturated heterocycles. The molecule has 0 saturated carbocycles. The standard InChI is InChI=1S/C20H21NO4/c22-20(25-15-16-7-2-1-3-8-16)21-12-6-10-17-9-4-5-11-18(17)19-23-13-14-24-19/h1-11,19H,12-15H2,(H,21,22). The highest BCUT2D eigenvalue weighted by Crippen LogP contribution is 2.26. The molecule has 2 aromatic rings. The van der Waals surface area contributed by atoms with Crippen LogP contribution < -0.4 is 5.32 Å². The zero-order valence-electron chi connectivity index (χ0n) is 13.9. The molecule has 0 unspecified atom stereocenters. The lowest BCUT2D eigenvalue weighted by Crippen LogP contribution is -2.24. The van der Waals surface area contributed by atoms with E-state index in [1.54, 1.807) is 0 Å². The number of nitrogens with one attached hydrogen (secondary N) is 1. The number of carbonyl (C=O) groups excluding carboxylic acids is 1. The third-order valence-corrected chi connectivity index (χ3v) is 3.75. The van der Waals surface area contributed by atoms with Crippen LogP contribution in [0.5, 0.6) is 0 Å². The molecule has 1 N–H and O–H groups in total. The first kappa shape index (κ1) is 17.2. The second-order valence-electron chi connectivity index (χ2n) is 5.55. The van der Waals surface area contributed by atoms with Crippen molar-refractivity contribution in [2.45, 2.75) is 12.9 Å². The molecule has 1 amide bonds. The summed E-state index contributed by atoms with van der Waals surface area (Å²) in [7, 11) is 0. The maximum atomic E-state index is 11.7. The van der Waals surface area contributed by atoms with Gasteiger partial charge in [-0.15, -0.1) is 0 Å². The summed E-state index contributed by atoms with van der Waals surface area (Å²) in [5.74, 6) is 0. The minimum atomic E-state index is -0.441. The van der Waals surface area contributed by atoms with Crippen molar-refractivity contribution in [3.63, 3.8) is 0 Å². The summed E-state index contributed by atoms with van der Waals surface area (Å²) in [5, 5.41) is 2.70. The summed E-state index contributed by atoms with van der Waals surface area (Å²) >= 11 is 0. The Hall–Kier alpha value is -2.63. The average molecular weight is 339 g/mol. The van der Waals surface area contributed by atoms with Gasteiger partial charge in [-0.1, -0.05) is 66.7 Å². The van der Waals surface area contributed by atoms with Crippen LogP contribution in [0.3, 0.4) is 0 Å². The van der Waals surface area contributed by atoms with Crippen LogP contribution in [0.15, 0.2) is 60.7 Å². The number of carbonyl (C=O) groups is 1. The first-order valence-corrected chi connectivity index (χ1v) is 8.26. The molecule has 5 nitrogen and oxygen atoms in total. The molecule has 0 aromatic heterocycles. The van der Waals surface area contributed by atoms with Crippen LogP contribution in [0.2, 0.25) is 0 Å². The Morgan fingerprint density at radius 2 is 1.80 bits per heavy atom. The zero-order chi connectivity index (χ0) is 17.3. The van der Waals surface area contributed by atoms with Gasteiger partial charge in [-0.2, -0.15) is 0 Å². The predicted octanol–water partition coefficient (Wildman–Crippen LogP) is 3.67. The van der Waals surface area contributed by atoms with Gasteiger partial charge in [0.25, 0.3) is 0 Å². The van der Waals surface area contributed by atoms with Gasteiger partial charge in [0.05, 0.1) is 13.2 Å². The number of hydrogen-bond donors (Lipinski definition) is 1. The molecule has 3 rings (SSSR count). The zero-order valence-corrected chi connectivity index (χ0v) is 13.9. The number of benzene rings is 2. The lowest BCUT2D eigenvalue weighted by Gasteiger charge is -2.12. The molecule has 1 fully saturated rings. The molecule has 1 aliphatic rings. The van der Waals surface area contributed by atoms with Gasteiger partial charge in [-0.25, -0.2) is 4.79 Å². The van der Waals surface area contributed by atoms with Crippen LogP contribution in [0.4, 0.5) is 4.79 Å². The SMILES string of the molecule is O=C(NCC=Cc1ccccc1C1OCCO1)OCc1ccccc1. The van der Waals surface area contributed by atoms with Crippen LogP contribution in [0.1, 0.15) is 23.0 Å². The molecule has 0 radical (unpaired) electrons. The van der Waals surface area contributed by atoms with Gasteiger partial charge in [0.2, 0.25) is 0 Å². The van der Waals surface area contributed by atoms with Crippen LogP contribution in [0, 0.1) is 0 Å². The Kier molecular flexibility index (Phi) is 6.20. The maximum absolute atomic E-state index is 11.7. The molecule has 0 atom stereocenters. The number of amides is 1. The molecular formula is C20H21NO4. The van der Waals surface area contributed by atoms with E-state index in [0.717, 1.165) is 16.7 Å². The fraction of sp³-hybridized carbons (Fsp3) is 0.250. The Morgan fingerprint density at radius 3 is 2.60 bits per heavy atom. The van der Waals surface area contributed by atoms with Gasteiger partial charge in [-0.05, 0) is 11.1 Å². The van der Waals surface area contributed by atoms with Crippen LogP contribution in [0.25, 0.3) is 6.08 Å². The van der Waals surface area contributed by atoms with E-state index in [1.807, 2.05) is 66.7 Å². The lowest BCUT2D eigenvalue weighted by atomic mass is 10.1. The fourth-order valence-corrected chi connectivity index (χ4v) is 2.52. The number of ether oxygens (including phenoxy) is 3. The second kappa shape index (κ2) is 9.01. The first-order chi connectivity index (χ1) is 12.3. The van der Waals surface area contributed by atoms with Gasteiger partial charge < -0.3 is 19.5 Å². The van der Waals surface area contributed by atoms with Crippen LogP contribution in [-0.2, 0) is 20.8 Å². The van der Waals surface area contributed by atoms with E-state index in [0.29, 0.717) is 19.8 Å². The van der Waals surface area contributed by atoms with Crippen molar-refractivity contribution in [3.8, 4) is 0 Å². The quantitative estimate of drug-likeness (QED) is 0.872. The van der Waals surface area contributed by atoms with Crippen molar-refractivity contribution < 1.29 is 19.0 Å². The Morgan fingerprint density at radius 1 is 1.08 bits per heavy atom. The molecule has 2 aromatic carbocycles. The molecule has 130 valence electrons. The minimum Gasteiger partial charge on any atom is -0.445 e. The number of alkyl carbamates (subject to hydrolysis) is 1. The lowest BCUT2D eigenvalue weighted by molar-refractivity contribution is -0.0442. The number of hydrogen-bond acceptors (Lipinski definition) is 4. The first-order valence-electron chi connectivity index (χ1n) is 8.26. The highest BCUT2D eigenvalue weighted by molar-refractivity contribution is 5.67. The highest BCUT2D eigenvalue weighted by Gasteiger charge is 2.19. The topological polar surface area (TPSA) is 56.8 Å². The minimum absolute atomic E-state index is 0.260. The van der Waals surface area contributed by atoms with Crippen molar-refractivity contribution in [1.82, 2.24) is 5.32 Å². The molecule has 1 aliphatic heterocycles. The van der Waals surface area contributed by atoms with Gasteiger partial charge in [-0.3, -0.25) is 0 Å². The molecule has 0 aliphatic carbocycles. The normalized spacial score (nSPS) is 14.7. The molecule has 25 heavy (non-hydrogen) atoms. The molecule has 0 spiro atoms. The van der Waals surface area contributed by atoms with Crippen molar-refractivity contribution in [2.24, 2.45) is 0 Å². The van der Waals surface area contributed by atoms with E-state index in [9.17, 15) is 4.79 Å². The van der Waals surface area contributed by atoms with Crippen molar-refractivity contribution in [1.29, 1.82) is 0 Å². The van der Waals surface area contributed by atoms with Crippen molar-refractivity contribution >= 4 is 12.2 Å². The Bertz CT molecular complexity index is 709. The van der Waals surface area contributed by atoms with Crippen LogP contribution in [-0.4, -0.2) is 25.9 Å². The van der Waals surface area contributed by atoms with E-state index < -0.39 is 6.09 Å². The summed E-state index contributed by atoms with van der Waals surface area (Å²) < 4.78 is 16.3. The molecular weight excluding hydrogens is 318 g/mol. The van der Waals surface area contributed by atoms with E-state index in [-0.39, 0.29) is 12.9 Å². The second-order valence-corrected chi connectivity index (χ2v) is 5.55. The van der Waals surface area contributed by atoms with Gasteiger partial charge in [0, 0.05) is 12.1 Å². The molecule has 1 heterocycles. The Labute approximate surface area is 147 Å². The van der Waals surface area contributed by atoms with E-state index in [1.165, 1.54) is 0 Å². The predicted molar refractivity (Wildman–Crippen MR) is 94.8 cm³/mol. The fourth-order valence-electron chi connectivity index (χ4n) is 2.52. The highest BCUT2D eigenvalue weighted by atomic mass is 16.7. The third kappa shape index (κ3) is 5.17. The van der Waals surface area contributed by atoms with Gasteiger partial charge >= 0.3 is 6.09 Å². The number of rotatable bonds is 6. The average Bonchev–Trinajstić information content (AvgIpc) is 3.19. The smallest absolute Gasteiger partial charge is 0.407 e. The third-order valence-electron chi connectivity index (χ3n) is 3.75. The van der Waals surface area contributed by atoms with Crippen molar-refractivity contribution in [2.75, 3.05) is 19.8 Å². The molecule has 5 heteroatoms.